The van der Waals surface area contributed by atoms with Crippen LogP contribution in [0.25, 0.3) is 0 Å². The molecular weight excluding hydrogens is 621 g/mol. The van der Waals surface area contributed by atoms with E-state index in [2.05, 4.69) is 18.4 Å². The van der Waals surface area contributed by atoms with Crippen LogP contribution in [-0.4, -0.2) is 27.8 Å². The molecule has 37 heavy (non-hydrogen) atoms. The number of pyridine rings is 1. The number of benzene rings is 1. The molecular formula is C27H34F4INO3S. The molecule has 206 valence electrons. The summed E-state index contributed by atoms with van der Waals surface area (Å²) < 4.78 is 73.2. The lowest BCUT2D eigenvalue weighted by molar-refractivity contribution is -0.122. The fourth-order valence-corrected chi connectivity index (χ4v) is 8.87. The summed E-state index contributed by atoms with van der Waals surface area (Å²) >= 11 is -2.88. The van der Waals surface area contributed by atoms with Crippen LogP contribution in [0, 0.1) is 5.41 Å². The highest BCUT2D eigenvalue weighted by atomic mass is 127. The zero-order chi connectivity index (χ0) is 27.1. The largest absolute Gasteiger partial charge is 0.388 e. The number of aromatic nitrogens is 1. The third kappa shape index (κ3) is 4.58. The van der Waals surface area contributed by atoms with Gasteiger partial charge < -0.3 is 14.6 Å². The molecule has 10 heteroatoms. The van der Waals surface area contributed by atoms with Crippen molar-refractivity contribution in [2.75, 3.05) is 13.2 Å². The van der Waals surface area contributed by atoms with Crippen LogP contribution in [0.15, 0.2) is 29.2 Å². The second-order valence-corrected chi connectivity index (χ2v) is 21.4. The van der Waals surface area contributed by atoms with E-state index < -0.39 is 49.1 Å². The average Bonchev–Trinajstić information content (AvgIpc) is 3.11. The monoisotopic (exact) mass is 655 g/mol. The van der Waals surface area contributed by atoms with Crippen LogP contribution in [-0.2, 0) is 21.5 Å². The predicted octanol–water partition coefficient (Wildman–Crippen LogP) is 8.43. The SMILES string of the molecule is C=IS(F)(F)(F)(F)c1ccc([C@H]2OC3(CCOCC3)c3c4c(nc(C(C)C)c32)CC(C)(C)CC4O)cc1. The fraction of sp³-hybridized carbons (Fsp3) is 0.556. The molecule has 1 unspecified atom stereocenters. The molecule has 1 spiro atoms. The minimum atomic E-state index is -8.33. The van der Waals surface area contributed by atoms with Gasteiger partial charge in [-0.05, 0) is 47.4 Å². The first-order valence-corrected chi connectivity index (χ1v) is 18.6. The molecule has 2 atom stereocenters. The number of hydrogen-bond acceptors (Lipinski definition) is 4. The number of rotatable bonds is 4. The third-order valence-corrected chi connectivity index (χ3v) is 14.7. The van der Waals surface area contributed by atoms with E-state index in [0.717, 1.165) is 46.6 Å². The van der Waals surface area contributed by atoms with Gasteiger partial charge in [-0.25, -0.2) is 0 Å². The van der Waals surface area contributed by atoms with Crippen molar-refractivity contribution in [2.24, 2.45) is 5.41 Å². The van der Waals surface area contributed by atoms with Crippen molar-refractivity contribution in [3.63, 3.8) is 0 Å². The maximum Gasteiger partial charge on any atom is 0.223 e. The second kappa shape index (κ2) is 8.22. The zero-order valence-electron chi connectivity index (χ0n) is 21.5. The molecule has 2 aromatic rings. The molecule has 0 radical (unpaired) electrons. The van der Waals surface area contributed by atoms with E-state index in [-0.39, 0.29) is 11.3 Å². The van der Waals surface area contributed by atoms with Crippen molar-refractivity contribution in [3.8, 4) is 0 Å². The van der Waals surface area contributed by atoms with Crippen molar-refractivity contribution >= 4 is 30.9 Å². The maximum absolute atomic E-state index is 14.4. The molecule has 3 aliphatic rings. The summed E-state index contributed by atoms with van der Waals surface area (Å²) in [5, 5.41) is 11.4. The molecule has 1 fully saturated rings. The van der Waals surface area contributed by atoms with Crippen molar-refractivity contribution in [2.45, 2.75) is 82.0 Å². The lowest BCUT2D eigenvalue weighted by Crippen LogP contribution is -2.37. The van der Waals surface area contributed by atoms with Crippen molar-refractivity contribution in [1.82, 2.24) is 4.98 Å². The van der Waals surface area contributed by atoms with E-state index in [1.165, 1.54) is 12.1 Å². The average molecular weight is 656 g/mol. The van der Waals surface area contributed by atoms with Crippen LogP contribution in [0.1, 0.15) is 98.7 Å². The van der Waals surface area contributed by atoms with E-state index in [1.54, 1.807) is 0 Å². The van der Waals surface area contributed by atoms with E-state index in [4.69, 9.17) is 14.5 Å². The Morgan fingerprint density at radius 3 is 2.27 bits per heavy atom. The zero-order valence-corrected chi connectivity index (χ0v) is 24.5. The topological polar surface area (TPSA) is 51.6 Å². The highest BCUT2D eigenvalue weighted by molar-refractivity contribution is 14.2. The summed E-state index contributed by atoms with van der Waals surface area (Å²) in [5.74, 6) is 0.0244. The number of hydrogen-bond donors (Lipinski definition) is 1. The molecule has 1 saturated heterocycles. The number of fused-ring (bicyclic) bond motifs is 4. The molecule has 4 nitrogen and oxygen atoms in total. The Morgan fingerprint density at radius 2 is 1.70 bits per heavy atom. The fourth-order valence-electron chi connectivity index (χ4n) is 6.13. The summed E-state index contributed by atoms with van der Waals surface area (Å²) in [6, 6.07) is 4.31. The van der Waals surface area contributed by atoms with Crippen LogP contribution in [0.4, 0.5) is 15.5 Å². The molecule has 3 heterocycles. The minimum Gasteiger partial charge on any atom is -0.388 e. The number of ether oxygens (including phenoxy) is 2. The van der Waals surface area contributed by atoms with Crippen LogP contribution < -0.4 is 0 Å². The van der Waals surface area contributed by atoms with Crippen molar-refractivity contribution in [3.05, 3.63) is 57.9 Å². The Labute approximate surface area is 223 Å². The molecule has 2 aliphatic heterocycles. The lowest BCUT2D eigenvalue weighted by atomic mass is 9.70. The van der Waals surface area contributed by atoms with Crippen LogP contribution in [0.3, 0.4) is 0 Å². The first-order chi connectivity index (χ1) is 17.0. The maximum atomic E-state index is 14.4. The minimum absolute atomic E-state index is 0.0244. The summed E-state index contributed by atoms with van der Waals surface area (Å²) in [5.41, 5.74) is 3.96. The van der Waals surface area contributed by atoms with Gasteiger partial charge in [0.05, 0.1) is 16.6 Å². The Bertz CT molecular complexity index is 1270. The summed E-state index contributed by atoms with van der Waals surface area (Å²) in [7, 11) is -8.33. The molecule has 0 saturated carbocycles. The highest BCUT2D eigenvalue weighted by Gasteiger charge is 2.62. The molecule has 5 rings (SSSR count). The van der Waals surface area contributed by atoms with Gasteiger partial charge in [0.1, 0.15) is 6.10 Å². The molecule has 1 aliphatic carbocycles. The molecule has 0 bridgehead atoms. The Hall–Kier alpha value is -1.08. The summed E-state index contributed by atoms with van der Waals surface area (Å²) in [6.07, 6.45) is 1.07. The molecule has 1 aromatic carbocycles. The lowest BCUT2D eigenvalue weighted by Gasteiger charge is -2.45. The van der Waals surface area contributed by atoms with Crippen molar-refractivity contribution < 1.29 is 30.1 Å². The Morgan fingerprint density at radius 1 is 1.08 bits per heavy atom. The van der Waals surface area contributed by atoms with Gasteiger partial charge in [0.15, 0.2) is 0 Å². The number of nitrogens with zero attached hydrogens (tertiary/aromatic N) is 1. The van der Waals surface area contributed by atoms with E-state index in [9.17, 15) is 20.6 Å². The van der Waals surface area contributed by atoms with Crippen LogP contribution in [0.2, 0.25) is 0 Å². The summed E-state index contributed by atoms with van der Waals surface area (Å²) in [4.78, 5) is 3.83. The first kappa shape index (κ1) is 27.5. The van der Waals surface area contributed by atoms with Gasteiger partial charge in [-0.3, -0.25) is 4.98 Å². The second-order valence-electron chi connectivity index (χ2n) is 11.6. The standard InChI is InChI=1S/C27H34F4INO3S/c1-16(2)24-22-23(21-19(33-24)14-26(3,4)15-20(21)34)27(10-12-35-13-11-27)36-25(22)17-6-8-18(9-7-17)37(28,29,30,31)32-5/h6-9,16,20,25,34H,5,10-15H2,1-4H3/t20?,25-/m1/s1. The van der Waals surface area contributed by atoms with Gasteiger partial charge in [0.25, 0.3) is 0 Å². The van der Waals surface area contributed by atoms with E-state index in [1.807, 2.05) is 13.8 Å². The number of aliphatic hydroxyl groups excluding tert-OH is 1. The van der Waals surface area contributed by atoms with Crippen molar-refractivity contribution in [1.29, 1.82) is 0 Å². The predicted molar refractivity (Wildman–Crippen MR) is 148 cm³/mol. The summed E-state index contributed by atoms with van der Waals surface area (Å²) in [6.45, 7) is 9.29. The normalized spacial score (nSPS) is 26.4. The van der Waals surface area contributed by atoms with Crippen LogP contribution in [0.5, 0.6) is 0 Å². The van der Waals surface area contributed by atoms with Gasteiger partial charge in [0.2, 0.25) is 7.01 Å². The highest BCUT2D eigenvalue weighted by Crippen LogP contribution is 3.07. The van der Waals surface area contributed by atoms with Gasteiger partial charge in [-0.2, -0.15) is 0 Å². The van der Waals surface area contributed by atoms with Gasteiger partial charge in [0, 0.05) is 67.9 Å². The molecule has 1 aromatic heterocycles. The molecule has 0 amide bonds. The van der Waals surface area contributed by atoms with E-state index in [0.29, 0.717) is 38.0 Å². The quantitative estimate of drug-likeness (QED) is 0.266. The number of halogens is 5. The third-order valence-electron chi connectivity index (χ3n) is 7.86. The van der Waals surface area contributed by atoms with Gasteiger partial charge >= 0.3 is 0 Å². The molecule has 1 N–H and O–H groups in total. The Kier molecular flexibility index (Phi) is 6.10. The van der Waals surface area contributed by atoms with Gasteiger partial charge in [-0.1, -0.05) is 44.3 Å². The number of aliphatic hydroxyl groups is 1. The Balaban J connectivity index is 1.73. The van der Waals surface area contributed by atoms with Crippen LogP contribution >= 0.6 is 26.4 Å². The first-order valence-electron chi connectivity index (χ1n) is 12.5. The smallest absolute Gasteiger partial charge is 0.223 e. The van der Waals surface area contributed by atoms with E-state index >= 15 is 0 Å². The van der Waals surface area contributed by atoms with Gasteiger partial charge in [-0.15, -0.1) is 15.5 Å².